The first kappa shape index (κ1) is 8.96. The highest BCUT2D eigenvalue weighted by Gasteiger charge is 2.02. The van der Waals surface area contributed by atoms with Crippen LogP contribution in [0.5, 0.6) is 0 Å². The normalized spacial score (nSPS) is 20.3. The highest BCUT2D eigenvalue weighted by Crippen LogP contribution is 2.04. The minimum Gasteiger partial charge on any atom is -0.306 e. The number of hydrogen-bond donors (Lipinski definition) is 0. The number of hydrogen-bond acceptors (Lipinski definition) is 1. The largest absolute Gasteiger partial charge is 0.306 e. The Morgan fingerprint density at radius 2 is 1.33 bits per heavy atom. The van der Waals surface area contributed by atoms with Crippen molar-refractivity contribution in [3.63, 3.8) is 0 Å². The summed E-state index contributed by atoms with van der Waals surface area (Å²) in [6, 6.07) is 0. The molecule has 0 radical (unpaired) electrons. The van der Waals surface area contributed by atoms with Crippen molar-refractivity contribution in [2.75, 3.05) is 20.1 Å². The molecular formula is C8H19N. The van der Waals surface area contributed by atoms with Crippen LogP contribution in [0, 0.1) is 0 Å². The third-order valence-corrected chi connectivity index (χ3v) is 1.58. The van der Waals surface area contributed by atoms with E-state index in [2.05, 4.69) is 11.9 Å². The van der Waals surface area contributed by atoms with E-state index < -0.39 is 0 Å². The molecule has 1 heteroatoms. The second kappa shape index (κ2) is 6.09. The minimum absolute atomic E-state index is 1.32. The van der Waals surface area contributed by atoms with E-state index >= 15 is 0 Å². The Balaban J connectivity index is 0.000000291. The van der Waals surface area contributed by atoms with Gasteiger partial charge in [-0.2, -0.15) is 0 Å². The van der Waals surface area contributed by atoms with Gasteiger partial charge in [-0.05, 0) is 33.0 Å². The van der Waals surface area contributed by atoms with Gasteiger partial charge in [-0.3, -0.25) is 0 Å². The fraction of sp³-hybridized carbons (Fsp3) is 1.00. The molecule has 0 bridgehead atoms. The fourth-order valence-corrected chi connectivity index (χ4v) is 1.05. The summed E-state index contributed by atoms with van der Waals surface area (Å²) in [6.45, 7) is 6.64. The fourth-order valence-electron chi connectivity index (χ4n) is 1.05. The van der Waals surface area contributed by atoms with Gasteiger partial charge >= 0.3 is 0 Å². The molecule has 0 N–H and O–H groups in total. The first-order chi connectivity index (χ1) is 4.39. The molecule has 0 aromatic heterocycles. The van der Waals surface area contributed by atoms with Crippen LogP contribution in [0.25, 0.3) is 0 Å². The van der Waals surface area contributed by atoms with E-state index in [0.717, 1.165) is 0 Å². The van der Waals surface area contributed by atoms with Gasteiger partial charge in [-0.25, -0.2) is 0 Å². The zero-order chi connectivity index (χ0) is 7.11. The van der Waals surface area contributed by atoms with Gasteiger partial charge < -0.3 is 4.90 Å². The molecule has 56 valence electrons. The number of nitrogens with zero attached hydrogens (tertiary/aromatic N) is 1. The zero-order valence-corrected chi connectivity index (χ0v) is 6.98. The second-order valence-corrected chi connectivity index (χ2v) is 2.36. The molecule has 1 nitrogen and oxygen atoms in total. The molecular weight excluding hydrogens is 110 g/mol. The second-order valence-electron chi connectivity index (χ2n) is 2.36. The van der Waals surface area contributed by atoms with Crippen molar-refractivity contribution in [1.82, 2.24) is 4.90 Å². The van der Waals surface area contributed by atoms with Crippen molar-refractivity contribution in [3.8, 4) is 0 Å². The van der Waals surface area contributed by atoms with Crippen molar-refractivity contribution in [1.29, 1.82) is 0 Å². The molecule has 1 aliphatic heterocycles. The molecule has 0 saturated carbocycles. The Labute approximate surface area is 59.1 Å². The van der Waals surface area contributed by atoms with Crippen LogP contribution in [-0.4, -0.2) is 25.0 Å². The summed E-state index contributed by atoms with van der Waals surface area (Å²) in [5.74, 6) is 0. The predicted octanol–water partition coefficient (Wildman–Crippen LogP) is 2.13. The van der Waals surface area contributed by atoms with E-state index in [9.17, 15) is 0 Å². The van der Waals surface area contributed by atoms with Crippen molar-refractivity contribution < 1.29 is 0 Å². The quantitative estimate of drug-likeness (QED) is 0.484. The first-order valence-electron chi connectivity index (χ1n) is 4.08. The summed E-state index contributed by atoms with van der Waals surface area (Å²) in [5.41, 5.74) is 0. The van der Waals surface area contributed by atoms with Gasteiger partial charge in [0.15, 0.2) is 0 Å². The Bertz CT molecular complexity index is 46.5. The molecule has 0 spiro atoms. The van der Waals surface area contributed by atoms with E-state index in [1.807, 2.05) is 13.8 Å². The number of rotatable bonds is 0. The van der Waals surface area contributed by atoms with Gasteiger partial charge in [0.05, 0.1) is 0 Å². The van der Waals surface area contributed by atoms with Crippen molar-refractivity contribution in [2.45, 2.75) is 33.1 Å². The summed E-state index contributed by atoms with van der Waals surface area (Å²) in [4.78, 5) is 2.39. The molecule has 0 amide bonds. The van der Waals surface area contributed by atoms with E-state index in [4.69, 9.17) is 0 Å². The van der Waals surface area contributed by atoms with Gasteiger partial charge in [0.25, 0.3) is 0 Å². The van der Waals surface area contributed by atoms with Crippen molar-refractivity contribution in [3.05, 3.63) is 0 Å². The molecule has 0 atom stereocenters. The highest BCUT2D eigenvalue weighted by molar-refractivity contribution is 4.58. The van der Waals surface area contributed by atoms with Crippen LogP contribution in [0.4, 0.5) is 0 Å². The maximum absolute atomic E-state index is 2.39. The van der Waals surface area contributed by atoms with Gasteiger partial charge in [0.2, 0.25) is 0 Å². The van der Waals surface area contributed by atoms with E-state index in [-0.39, 0.29) is 0 Å². The molecule has 0 aliphatic carbocycles. The molecule has 1 saturated heterocycles. The van der Waals surface area contributed by atoms with Crippen LogP contribution >= 0.6 is 0 Å². The predicted molar refractivity (Wildman–Crippen MR) is 42.7 cm³/mol. The third-order valence-electron chi connectivity index (χ3n) is 1.58. The molecule has 9 heavy (non-hydrogen) atoms. The first-order valence-corrected chi connectivity index (χ1v) is 4.08. The molecule has 0 aromatic rings. The lowest BCUT2D eigenvalue weighted by Crippen LogP contribution is -2.24. The van der Waals surface area contributed by atoms with Crippen LogP contribution < -0.4 is 0 Å². The van der Waals surface area contributed by atoms with E-state index in [1.165, 1.54) is 32.4 Å². The molecule has 1 fully saturated rings. The van der Waals surface area contributed by atoms with Crippen LogP contribution in [0.1, 0.15) is 33.1 Å². The number of piperidine rings is 1. The Morgan fingerprint density at radius 3 is 1.56 bits per heavy atom. The Kier molecular flexibility index (Phi) is 6.06. The standard InChI is InChI=1S/C6H13N.C2H6/c1-7-5-3-2-4-6-7;1-2/h2-6H2,1H3;1-2H3. The van der Waals surface area contributed by atoms with Crippen molar-refractivity contribution >= 4 is 0 Å². The molecule has 1 heterocycles. The van der Waals surface area contributed by atoms with Crippen LogP contribution in [0.3, 0.4) is 0 Å². The topological polar surface area (TPSA) is 3.24 Å². The lowest BCUT2D eigenvalue weighted by Gasteiger charge is -2.20. The minimum atomic E-state index is 1.32. The maximum Gasteiger partial charge on any atom is -0.00218 e. The summed E-state index contributed by atoms with van der Waals surface area (Å²) in [6.07, 6.45) is 4.28. The third kappa shape index (κ3) is 4.46. The summed E-state index contributed by atoms with van der Waals surface area (Å²) >= 11 is 0. The smallest absolute Gasteiger partial charge is 0.00218 e. The monoisotopic (exact) mass is 129 g/mol. The Hall–Kier alpha value is -0.0400. The van der Waals surface area contributed by atoms with Gasteiger partial charge in [-0.1, -0.05) is 20.3 Å². The SMILES string of the molecule is CC.CN1CCCCC1. The van der Waals surface area contributed by atoms with E-state index in [1.54, 1.807) is 0 Å². The van der Waals surface area contributed by atoms with E-state index in [0.29, 0.717) is 0 Å². The molecule has 1 aliphatic rings. The van der Waals surface area contributed by atoms with Gasteiger partial charge in [0.1, 0.15) is 0 Å². The van der Waals surface area contributed by atoms with Crippen LogP contribution in [0.2, 0.25) is 0 Å². The lowest BCUT2D eigenvalue weighted by atomic mass is 10.1. The molecule has 0 aromatic carbocycles. The van der Waals surface area contributed by atoms with Gasteiger partial charge in [0, 0.05) is 0 Å². The summed E-state index contributed by atoms with van der Waals surface area (Å²) in [5, 5.41) is 0. The Morgan fingerprint density at radius 1 is 0.889 bits per heavy atom. The lowest BCUT2D eigenvalue weighted by molar-refractivity contribution is 0.277. The van der Waals surface area contributed by atoms with Crippen molar-refractivity contribution in [2.24, 2.45) is 0 Å². The maximum atomic E-state index is 2.39. The average molecular weight is 129 g/mol. The highest BCUT2D eigenvalue weighted by atomic mass is 15.1. The molecule has 0 unspecified atom stereocenters. The van der Waals surface area contributed by atoms with Crippen LogP contribution in [-0.2, 0) is 0 Å². The van der Waals surface area contributed by atoms with Gasteiger partial charge in [-0.15, -0.1) is 0 Å². The summed E-state index contributed by atoms with van der Waals surface area (Å²) in [7, 11) is 2.19. The zero-order valence-electron chi connectivity index (χ0n) is 6.98. The number of likely N-dealkylation sites (tertiary alicyclic amines) is 1. The van der Waals surface area contributed by atoms with Crippen LogP contribution in [0.15, 0.2) is 0 Å². The average Bonchev–Trinajstić information content (AvgIpc) is 1.94. The summed E-state index contributed by atoms with van der Waals surface area (Å²) < 4.78 is 0. The molecule has 1 rings (SSSR count).